The Bertz CT molecular complexity index is 462. The summed E-state index contributed by atoms with van der Waals surface area (Å²) in [7, 11) is 0. The minimum Gasteiger partial charge on any atom is -0.282 e. The number of amides is 2. The molecule has 2 unspecified atom stereocenters. The maximum Gasteiger partial charge on any atom is 0.233 e. The van der Waals surface area contributed by atoms with E-state index in [4.69, 9.17) is 0 Å². The van der Waals surface area contributed by atoms with Gasteiger partial charge in [-0.05, 0) is 33.1 Å². The van der Waals surface area contributed by atoms with Crippen molar-refractivity contribution >= 4 is 11.8 Å². The first-order chi connectivity index (χ1) is 12.1. The smallest absolute Gasteiger partial charge is 0.233 e. The van der Waals surface area contributed by atoms with Crippen molar-refractivity contribution in [1.29, 1.82) is 0 Å². The Morgan fingerprint density at radius 1 is 0.720 bits per heavy atom. The number of fused-ring (bicyclic) bond motifs is 1. The molecule has 0 aromatic rings. The molecule has 1 heterocycles. The lowest BCUT2D eigenvalue weighted by atomic mass is 9.78. The van der Waals surface area contributed by atoms with Crippen LogP contribution in [0.15, 0.2) is 11.1 Å². The second kappa shape index (κ2) is 10.1. The summed E-state index contributed by atoms with van der Waals surface area (Å²) < 4.78 is 0. The van der Waals surface area contributed by atoms with Gasteiger partial charge in [-0.25, -0.2) is 0 Å². The summed E-state index contributed by atoms with van der Waals surface area (Å²) in [5.41, 5.74) is 2.62. The van der Waals surface area contributed by atoms with E-state index >= 15 is 0 Å². The fraction of sp³-hybridized carbons (Fsp3) is 0.818. The van der Waals surface area contributed by atoms with Crippen molar-refractivity contribution in [3.63, 3.8) is 0 Å². The molecule has 2 atom stereocenters. The van der Waals surface area contributed by atoms with Crippen LogP contribution in [0.2, 0.25) is 0 Å². The number of hydrogen-bond acceptors (Lipinski definition) is 2. The first-order valence-corrected chi connectivity index (χ1v) is 10.6. The van der Waals surface area contributed by atoms with Gasteiger partial charge in [0, 0.05) is 6.54 Å². The average molecular weight is 348 g/mol. The molecule has 25 heavy (non-hydrogen) atoms. The fourth-order valence-corrected chi connectivity index (χ4v) is 4.30. The Morgan fingerprint density at radius 3 is 1.56 bits per heavy atom. The Balaban J connectivity index is 1.61. The van der Waals surface area contributed by atoms with Gasteiger partial charge in [0.05, 0.1) is 11.8 Å². The van der Waals surface area contributed by atoms with Crippen molar-refractivity contribution in [3.05, 3.63) is 11.1 Å². The lowest BCUT2D eigenvalue weighted by Gasteiger charge is -2.23. The molecule has 1 aliphatic heterocycles. The molecule has 2 rings (SSSR count). The third-order valence-corrected chi connectivity index (χ3v) is 6.17. The van der Waals surface area contributed by atoms with Crippen LogP contribution in [0.3, 0.4) is 0 Å². The van der Waals surface area contributed by atoms with E-state index in [2.05, 4.69) is 20.8 Å². The highest BCUT2D eigenvalue weighted by molar-refractivity contribution is 6.05. The van der Waals surface area contributed by atoms with Crippen molar-refractivity contribution < 1.29 is 9.59 Å². The zero-order valence-electron chi connectivity index (χ0n) is 16.6. The molecule has 0 spiro atoms. The average Bonchev–Trinajstić information content (AvgIpc) is 2.81. The molecule has 1 aliphatic carbocycles. The number of carbonyl (C=O) groups is 2. The normalized spacial score (nSPS) is 23.6. The largest absolute Gasteiger partial charge is 0.282 e. The molecule has 1 saturated heterocycles. The van der Waals surface area contributed by atoms with Gasteiger partial charge in [0.15, 0.2) is 0 Å². The fourth-order valence-electron chi connectivity index (χ4n) is 4.30. The van der Waals surface area contributed by atoms with E-state index in [-0.39, 0.29) is 23.7 Å². The maximum absolute atomic E-state index is 12.6. The zero-order valence-corrected chi connectivity index (χ0v) is 16.6. The lowest BCUT2D eigenvalue weighted by molar-refractivity contribution is -0.139. The van der Waals surface area contributed by atoms with E-state index in [0.717, 1.165) is 25.7 Å². The maximum atomic E-state index is 12.6. The van der Waals surface area contributed by atoms with Crippen LogP contribution in [0, 0.1) is 11.8 Å². The van der Waals surface area contributed by atoms with Gasteiger partial charge in [-0.1, -0.05) is 75.9 Å². The predicted octanol–water partition coefficient (Wildman–Crippen LogP) is 5.64. The van der Waals surface area contributed by atoms with Gasteiger partial charge in [-0.3, -0.25) is 14.5 Å². The summed E-state index contributed by atoms with van der Waals surface area (Å²) in [6.07, 6.45) is 14.3. The van der Waals surface area contributed by atoms with Gasteiger partial charge in [-0.2, -0.15) is 0 Å². The van der Waals surface area contributed by atoms with E-state index in [9.17, 15) is 9.59 Å². The van der Waals surface area contributed by atoms with Gasteiger partial charge in [0.2, 0.25) is 11.8 Å². The quantitative estimate of drug-likeness (QED) is 0.275. The Kier molecular flexibility index (Phi) is 8.18. The molecule has 3 heteroatoms. The third kappa shape index (κ3) is 5.43. The molecule has 142 valence electrons. The van der Waals surface area contributed by atoms with E-state index in [1.807, 2.05) is 0 Å². The molecule has 3 nitrogen and oxygen atoms in total. The molecule has 2 amide bonds. The highest BCUT2D eigenvalue weighted by Gasteiger charge is 2.48. The van der Waals surface area contributed by atoms with Gasteiger partial charge in [-0.15, -0.1) is 0 Å². The minimum absolute atomic E-state index is 0.0701. The van der Waals surface area contributed by atoms with Crippen molar-refractivity contribution in [2.24, 2.45) is 11.8 Å². The Hall–Kier alpha value is -1.12. The van der Waals surface area contributed by atoms with Gasteiger partial charge in [0.25, 0.3) is 0 Å². The first-order valence-electron chi connectivity index (χ1n) is 10.6. The number of nitrogens with zero attached hydrogens (tertiary/aromatic N) is 1. The van der Waals surface area contributed by atoms with Crippen LogP contribution in [0.5, 0.6) is 0 Å². The summed E-state index contributed by atoms with van der Waals surface area (Å²) in [6.45, 7) is 7.10. The molecule has 0 radical (unpaired) electrons. The van der Waals surface area contributed by atoms with Gasteiger partial charge >= 0.3 is 0 Å². The highest BCUT2D eigenvalue weighted by atomic mass is 16.2. The van der Waals surface area contributed by atoms with Gasteiger partial charge in [0.1, 0.15) is 0 Å². The highest BCUT2D eigenvalue weighted by Crippen LogP contribution is 2.40. The lowest BCUT2D eigenvalue weighted by Crippen LogP contribution is -2.32. The predicted molar refractivity (Wildman–Crippen MR) is 103 cm³/mol. The van der Waals surface area contributed by atoms with Crippen LogP contribution in [-0.4, -0.2) is 23.3 Å². The number of unbranched alkanes of at least 4 members (excludes halogenated alkanes) is 9. The van der Waals surface area contributed by atoms with Crippen LogP contribution in [0.4, 0.5) is 0 Å². The Morgan fingerprint density at radius 2 is 1.12 bits per heavy atom. The van der Waals surface area contributed by atoms with E-state index in [1.54, 1.807) is 4.90 Å². The molecule has 2 aliphatic rings. The van der Waals surface area contributed by atoms with E-state index in [0.29, 0.717) is 6.54 Å². The molecular formula is C22H37NO2. The molecule has 0 saturated carbocycles. The zero-order chi connectivity index (χ0) is 18.2. The van der Waals surface area contributed by atoms with Crippen LogP contribution >= 0.6 is 0 Å². The summed E-state index contributed by atoms with van der Waals surface area (Å²) in [4.78, 5) is 26.7. The molecule has 1 fully saturated rings. The van der Waals surface area contributed by atoms with E-state index in [1.165, 1.54) is 62.5 Å². The molecule has 0 N–H and O–H groups in total. The number of likely N-dealkylation sites (tertiary alicyclic amines) is 1. The summed E-state index contributed by atoms with van der Waals surface area (Å²) >= 11 is 0. The number of imide groups is 1. The number of rotatable bonds is 11. The summed E-state index contributed by atoms with van der Waals surface area (Å²) in [5.74, 6) is 0.0502. The van der Waals surface area contributed by atoms with Crippen molar-refractivity contribution in [3.8, 4) is 0 Å². The van der Waals surface area contributed by atoms with Crippen molar-refractivity contribution in [1.82, 2.24) is 4.90 Å². The van der Waals surface area contributed by atoms with Crippen LogP contribution < -0.4 is 0 Å². The number of carbonyl (C=O) groups excluding carboxylic acids is 2. The van der Waals surface area contributed by atoms with Crippen LogP contribution in [0.1, 0.15) is 97.8 Å². The first kappa shape index (κ1) is 20.2. The standard InChI is InChI=1S/C22H37NO2/c1-4-5-6-7-8-9-10-11-12-13-14-23-21(24)19-15-17(2)18(3)16-20(19)22(23)25/h19-20H,4-16H2,1-3H3. The second-order valence-electron chi connectivity index (χ2n) is 8.19. The molecule has 0 aromatic heterocycles. The monoisotopic (exact) mass is 347 g/mol. The van der Waals surface area contributed by atoms with Gasteiger partial charge < -0.3 is 0 Å². The van der Waals surface area contributed by atoms with Crippen LogP contribution in [-0.2, 0) is 9.59 Å². The summed E-state index contributed by atoms with van der Waals surface area (Å²) in [5, 5.41) is 0. The Labute approximate surface area is 154 Å². The minimum atomic E-state index is -0.0701. The second-order valence-corrected chi connectivity index (χ2v) is 8.19. The number of hydrogen-bond donors (Lipinski definition) is 0. The number of allylic oxidation sites excluding steroid dienone is 2. The van der Waals surface area contributed by atoms with E-state index < -0.39 is 0 Å². The topological polar surface area (TPSA) is 37.4 Å². The van der Waals surface area contributed by atoms with Crippen molar-refractivity contribution in [2.75, 3.05) is 6.54 Å². The SMILES string of the molecule is CCCCCCCCCCCCN1C(=O)C2CC(C)=C(C)CC2C1=O. The molecule has 0 bridgehead atoms. The van der Waals surface area contributed by atoms with Crippen molar-refractivity contribution in [2.45, 2.75) is 97.8 Å². The summed E-state index contributed by atoms with van der Waals surface area (Å²) in [6, 6.07) is 0. The molecule has 0 aromatic carbocycles. The third-order valence-electron chi connectivity index (χ3n) is 6.17. The van der Waals surface area contributed by atoms with Crippen LogP contribution in [0.25, 0.3) is 0 Å². The molecular weight excluding hydrogens is 310 g/mol.